The lowest BCUT2D eigenvalue weighted by Crippen LogP contribution is -2.03. The topological polar surface area (TPSA) is 79.7 Å². The van der Waals surface area contributed by atoms with Crippen molar-refractivity contribution in [3.05, 3.63) is 100 Å². The number of aromatic nitrogens is 2. The van der Waals surface area contributed by atoms with Crippen molar-refractivity contribution >= 4 is 29.4 Å². The molecule has 0 saturated heterocycles. The molecule has 1 aliphatic rings. The quantitative estimate of drug-likeness (QED) is 0.270. The zero-order valence-corrected chi connectivity index (χ0v) is 19.6. The molecule has 5 rings (SSSR count). The largest absolute Gasteiger partial charge is 0.495 e. The van der Waals surface area contributed by atoms with E-state index in [-0.39, 0.29) is 17.1 Å². The van der Waals surface area contributed by atoms with Crippen LogP contribution in [-0.2, 0) is 4.74 Å². The molecule has 4 aromatic rings. The second-order valence-corrected chi connectivity index (χ2v) is 8.11. The van der Waals surface area contributed by atoms with Crippen LogP contribution in [0.25, 0.3) is 23.0 Å². The summed E-state index contributed by atoms with van der Waals surface area (Å²) < 4.78 is 17.6. The Morgan fingerprint density at radius 1 is 1.06 bits per heavy atom. The lowest BCUT2D eigenvalue weighted by Gasteiger charge is -2.05. The average molecular weight is 487 g/mol. The predicted octanol–water partition coefficient (Wildman–Crippen LogP) is 5.60. The Morgan fingerprint density at radius 2 is 1.86 bits per heavy atom. The smallest absolute Gasteiger partial charge is 0.337 e. The van der Waals surface area contributed by atoms with Gasteiger partial charge in [-0.1, -0.05) is 29.8 Å². The minimum Gasteiger partial charge on any atom is -0.495 e. The molecule has 0 radical (unpaired) electrons. The van der Waals surface area contributed by atoms with E-state index in [9.17, 15) is 9.59 Å². The SMILES string of the molecule is COC(=O)c1ccc2c(c1)C(=O)/C(=C/c1cn(-c3ccccc3)nc1-c1ccc(OC)c(Cl)c1)O2. The zero-order valence-electron chi connectivity index (χ0n) is 18.8. The van der Waals surface area contributed by atoms with Crippen LogP contribution in [0.15, 0.2) is 78.7 Å². The fourth-order valence-electron chi connectivity index (χ4n) is 3.82. The Bertz CT molecular complexity index is 1490. The van der Waals surface area contributed by atoms with Gasteiger partial charge in [0.2, 0.25) is 5.78 Å². The van der Waals surface area contributed by atoms with E-state index in [4.69, 9.17) is 30.9 Å². The number of fused-ring (bicyclic) bond motifs is 1. The summed E-state index contributed by atoms with van der Waals surface area (Å²) >= 11 is 6.37. The van der Waals surface area contributed by atoms with Gasteiger partial charge in [0.05, 0.1) is 36.1 Å². The van der Waals surface area contributed by atoms with Crippen LogP contribution in [0.1, 0.15) is 26.3 Å². The average Bonchev–Trinajstić information content (AvgIpc) is 3.45. The summed E-state index contributed by atoms with van der Waals surface area (Å²) in [4.78, 5) is 25.0. The molecule has 1 aliphatic heterocycles. The highest BCUT2D eigenvalue weighted by Crippen LogP contribution is 2.36. The highest BCUT2D eigenvalue weighted by Gasteiger charge is 2.29. The maximum Gasteiger partial charge on any atom is 0.337 e. The number of Topliss-reactive ketones (excluding diaryl/α,β-unsaturated/α-hetero) is 1. The lowest BCUT2D eigenvalue weighted by molar-refractivity contribution is 0.0600. The van der Waals surface area contributed by atoms with Gasteiger partial charge in [-0.15, -0.1) is 0 Å². The molecule has 0 bridgehead atoms. The van der Waals surface area contributed by atoms with Gasteiger partial charge in [0.15, 0.2) is 5.76 Å². The number of para-hydroxylation sites is 1. The number of benzene rings is 3. The first-order chi connectivity index (χ1) is 17.0. The van der Waals surface area contributed by atoms with Crippen LogP contribution >= 0.6 is 11.6 Å². The fraction of sp³-hybridized carbons (Fsp3) is 0.0741. The number of carbonyl (C=O) groups is 2. The van der Waals surface area contributed by atoms with Crippen molar-refractivity contribution in [3.63, 3.8) is 0 Å². The fourth-order valence-corrected chi connectivity index (χ4v) is 4.08. The van der Waals surface area contributed by atoms with Crippen molar-refractivity contribution in [3.8, 4) is 28.4 Å². The molecule has 0 fully saturated rings. The van der Waals surface area contributed by atoms with Gasteiger partial charge < -0.3 is 14.2 Å². The number of allylic oxidation sites excluding steroid dienone is 1. The maximum absolute atomic E-state index is 13.1. The number of methoxy groups -OCH3 is 2. The van der Waals surface area contributed by atoms with Gasteiger partial charge in [0.25, 0.3) is 0 Å². The second-order valence-electron chi connectivity index (χ2n) is 7.70. The molecule has 0 N–H and O–H groups in total. The molecule has 7 nitrogen and oxygen atoms in total. The Labute approximate surface area is 206 Å². The number of halogens is 1. The molecular formula is C27H19ClN2O5. The standard InChI is InChI=1S/C27H19ClN2O5/c1-33-23-11-8-16(13-21(23)28)25-18(15-30(29-25)19-6-4-3-5-7-19)14-24-26(31)20-12-17(27(32)34-2)9-10-22(20)35-24/h3-15H,1-2H3/b24-14-. The first kappa shape index (κ1) is 22.4. The monoisotopic (exact) mass is 486 g/mol. The highest BCUT2D eigenvalue weighted by atomic mass is 35.5. The summed E-state index contributed by atoms with van der Waals surface area (Å²) in [5.74, 6) is 0.177. The Morgan fingerprint density at radius 3 is 2.57 bits per heavy atom. The molecule has 174 valence electrons. The molecule has 2 heterocycles. The van der Waals surface area contributed by atoms with Crippen LogP contribution in [0.4, 0.5) is 0 Å². The van der Waals surface area contributed by atoms with Gasteiger partial charge >= 0.3 is 5.97 Å². The molecular weight excluding hydrogens is 468 g/mol. The van der Waals surface area contributed by atoms with Gasteiger partial charge in [-0.3, -0.25) is 4.79 Å². The molecule has 8 heteroatoms. The first-order valence-electron chi connectivity index (χ1n) is 10.6. The summed E-state index contributed by atoms with van der Waals surface area (Å²) in [5, 5.41) is 5.20. The van der Waals surface area contributed by atoms with Crippen molar-refractivity contribution in [2.75, 3.05) is 14.2 Å². The van der Waals surface area contributed by atoms with Crippen molar-refractivity contribution < 1.29 is 23.8 Å². The molecule has 0 saturated carbocycles. The Balaban J connectivity index is 1.59. The molecule has 0 atom stereocenters. The number of carbonyl (C=O) groups excluding carboxylic acids is 2. The number of nitrogens with zero attached hydrogens (tertiary/aromatic N) is 2. The zero-order chi connectivity index (χ0) is 24.5. The van der Waals surface area contributed by atoms with E-state index in [0.717, 1.165) is 11.3 Å². The van der Waals surface area contributed by atoms with E-state index >= 15 is 0 Å². The Hall–Kier alpha value is -4.36. The van der Waals surface area contributed by atoms with Crippen molar-refractivity contribution in [1.82, 2.24) is 9.78 Å². The molecule has 0 spiro atoms. The number of hydrogen-bond acceptors (Lipinski definition) is 6. The third-order valence-corrected chi connectivity index (χ3v) is 5.86. The van der Waals surface area contributed by atoms with Crippen LogP contribution in [0.5, 0.6) is 11.5 Å². The Kier molecular flexibility index (Phi) is 5.84. The normalized spacial score (nSPS) is 13.5. The summed E-state index contributed by atoms with van der Waals surface area (Å²) in [6.45, 7) is 0. The van der Waals surface area contributed by atoms with E-state index in [2.05, 4.69) is 0 Å². The van der Waals surface area contributed by atoms with E-state index in [1.807, 2.05) is 42.6 Å². The minimum atomic E-state index is -0.527. The molecule has 0 aliphatic carbocycles. The maximum atomic E-state index is 13.1. The summed E-state index contributed by atoms with van der Waals surface area (Å²) in [7, 11) is 2.84. The van der Waals surface area contributed by atoms with Crippen LogP contribution < -0.4 is 9.47 Å². The van der Waals surface area contributed by atoms with Crippen LogP contribution in [0.2, 0.25) is 5.02 Å². The lowest BCUT2D eigenvalue weighted by atomic mass is 10.0. The van der Waals surface area contributed by atoms with Crippen molar-refractivity contribution in [2.24, 2.45) is 0 Å². The number of hydrogen-bond donors (Lipinski definition) is 0. The van der Waals surface area contributed by atoms with Gasteiger partial charge in [-0.2, -0.15) is 5.10 Å². The molecule has 0 amide bonds. The summed E-state index contributed by atoms with van der Waals surface area (Å²) in [6.07, 6.45) is 3.45. The van der Waals surface area contributed by atoms with Crippen molar-refractivity contribution in [2.45, 2.75) is 0 Å². The van der Waals surface area contributed by atoms with Gasteiger partial charge in [-0.25, -0.2) is 9.48 Å². The first-order valence-corrected chi connectivity index (χ1v) is 11.0. The number of ether oxygens (including phenoxy) is 3. The minimum absolute atomic E-state index is 0.121. The summed E-state index contributed by atoms with van der Waals surface area (Å²) in [6, 6.07) is 19.6. The highest BCUT2D eigenvalue weighted by molar-refractivity contribution is 6.32. The summed E-state index contributed by atoms with van der Waals surface area (Å²) in [5.41, 5.74) is 3.42. The number of ketones is 1. The van der Waals surface area contributed by atoms with Crippen molar-refractivity contribution in [1.29, 1.82) is 0 Å². The van der Waals surface area contributed by atoms with Crippen LogP contribution in [0.3, 0.4) is 0 Å². The van der Waals surface area contributed by atoms with E-state index < -0.39 is 5.97 Å². The van der Waals surface area contributed by atoms with E-state index in [0.29, 0.717) is 33.3 Å². The molecule has 1 aromatic heterocycles. The van der Waals surface area contributed by atoms with Crippen LogP contribution in [0, 0.1) is 0 Å². The van der Waals surface area contributed by atoms with Gasteiger partial charge in [-0.05, 0) is 54.6 Å². The predicted molar refractivity (Wildman–Crippen MR) is 131 cm³/mol. The van der Waals surface area contributed by atoms with Gasteiger partial charge in [0, 0.05) is 17.3 Å². The third kappa shape index (κ3) is 4.18. The molecule has 0 unspecified atom stereocenters. The van der Waals surface area contributed by atoms with E-state index in [1.54, 1.807) is 42.1 Å². The van der Waals surface area contributed by atoms with Crippen LogP contribution in [-0.4, -0.2) is 35.8 Å². The molecule has 3 aromatic carbocycles. The second kappa shape index (κ2) is 9.12. The number of esters is 1. The molecule has 35 heavy (non-hydrogen) atoms. The number of rotatable bonds is 5. The third-order valence-electron chi connectivity index (χ3n) is 5.56. The van der Waals surface area contributed by atoms with E-state index in [1.165, 1.54) is 13.2 Å². The van der Waals surface area contributed by atoms with Gasteiger partial charge in [0.1, 0.15) is 17.2 Å².